The molecule has 0 heterocycles. The van der Waals surface area contributed by atoms with Gasteiger partial charge in [0.05, 0.1) is 13.0 Å². The number of nitrogens with one attached hydrogen (secondary N) is 1. The van der Waals surface area contributed by atoms with Gasteiger partial charge in [-0.1, -0.05) is 30.4 Å². The van der Waals surface area contributed by atoms with Gasteiger partial charge in [-0.3, -0.25) is 9.59 Å². The number of carbonyl (C=O) groups is 2. The van der Waals surface area contributed by atoms with Crippen molar-refractivity contribution in [2.75, 3.05) is 7.11 Å². The van der Waals surface area contributed by atoms with E-state index in [1.165, 1.54) is 37.4 Å². The van der Waals surface area contributed by atoms with Crippen molar-refractivity contribution in [1.29, 1.82) is 0 Å². The molecule has 0 radical (unpaired) electrons. The average molecular weight is 371 g/mol. The predicted molar refractivity (Wildman–Crippen MR) is 96.1 cm³/mol. The summed E-state index contributed by atoms with van der Waals surface area (Å²) in [5.41, 5.74) is 0.608. The van der Waals surface area contributed by atoms with Gasteiger partial charge in [0.1, 0.15) is 11.6 Å². The first-order valence-corrected chi connectivity index (χ1v) is 8.56. The van der Waals surface area contributed by atoms with Gasteiger partial charge in [0.2, 0.25) is 0 Å². The molecule has 6 heteroatoms. The van der Waals surface area contributed by atoms with Crippen LogP contribution in [0.25, 0.3) is 0 Å². The number of halogens is 2. The highest BCUT2D eigenvalue weighted by atomic mass is 19.1. The number of hydrogen-bond acceptors (Lipinski definition) is 3. The van der Waals surface area contributed by atoms with Crippen LogP contribution in [-0.2, 0) is 9.53 Å². The second-order valence-electron chi connectivity index (χ2n) is 6.39. The first-order chi connectivity index (χ1) is 13.0. The highest BCUT2D eigenvalue weighted by Gasteiger charge is 2.35. The third-order valence-electron chi connectivity index (χ3n) is 4.66. The molecule has 0 saturated carbocycles. The van der Waals surface area contributed by atoms with Crippen molar-refractivity contribution in [3.8, 4) is 0 Å². The molecule has 0 aromatic heterocycles. The Morgan fingerprint density at radius 1 is 1.07 bits per heavy atom. The zero-order chi connectivity index (χ0) is 19.4. The Bertz CT molecular complexity index is 864. The van der Waals surface area contributed by atoms with E-state index in [0.717, 1.165) is 0 Å². The van der Waals surface area contributed by atoms with Crippen molar-refractivity contribution in [2.24, 2.45) is 5.92 Å². The first kappa shape index (κ1) is 18.8. The Balaban J connectivity index is 1.72. The Labute approximate surface area is 155 Å². The van der Waals surface area contributed by atoms with E-state index in [9.17, 15) is 18.4 Å². The number of benzene rings is 2. The number of hydrogen-bond donors (Lipinski definition) is 1. The summed E-state index contributed by atoms with van der Waals surface area (Å²) >= 11 is 0. The molecule has 0 unspecified atom stereocenters. The van der Waals surface area contributed by atoms with Crippen LogP contribution in [-0.4, -0.2) is 25.0 Å². The Kier molecular flexibility index (Phi) is 5.64. The molecule has 1 N–H and O–H groups in total. The van der Waals surface area contributed by atoms with Crippen LogP contribution in [0.1, 0.15) is 28.3 Å². The second kappa shape index (κ2) is 8.12. The van der Waals surface area contributed by atoms with Crippen molar-refractivity contribution in [1.82, 2.24) is 5.32 Å². The molecule has 140 valence electrons. The van der Waals surface area contributed by atoms with Crippen LogP contribution in [0.15, 0.2) is 60.7 Å². The van der Waals surface area contributed by atoms with Crippen molar-refractivity contribution in [3.63, 3.8) is 0 Å². The third-order valence-corrected chi connectivity index (χ3v) is 4.66. The second-order valence-corrected chi connectivity index (χ2v) is 6.39. The summed E-state index contributed by atoms with van der Waals surface area (Å²) in [7, 11) is 1.27. The molecule has 2 aromatic carbocycles. The monoisotopic (exact) mass is 371 g/mol. The largest absolute Gasteiger partial charge is 0.469 e. The number of esters is 1. The molecule has 1 aliphatic carbocycles. The Hall–Kier alpha value is -3.02. The number of carbonyl (C=O) groups excluding carboxylic acids is 2. The van der Waals surface area contributed by atoms with E-state index >= 15 is 0 Å². The van der Waals surface area contributed by atoms with Crippen molar-refractivity contribution < 1.29 is 23.1 Å². The minimum atomic E-state index is -0.792. The lowest BCUT2D eigenvalue weighted by Gasteiger charge is -2.22. The van der Waals surface area contributed by atoms with E-state index < -0.39 is 23.5 Å². The van der Waals surface area contributed by atoms with Crippen LogP contribution in [0, 0.1) is 17.6 Å². The summed E-state index contributed by atoms with van der Waals surface area (Å²) in [5.74, 6) is -2.86. The molecule has 2 aromatic rings. The van der Waals surface area contributed by atoms with Gasteiger partial charge in [0.25, 0.3) is 5.91 Å². The maximum absolute atomic E-state index is 14.2. The van der Waals surface area contributed by atoms with Crippen LogP contribution >= 0.6 is 0 Å². The smallest absolute Gasteiger partial charge is 0.313 e. The van der Waals surface area contributed by atoms with Crippen LogP contribution < -0.4 is 5.32 Å². The summed E-state index contributed by atoms with van der Waals surface area (Å²) in [6.07, 6.45) is 4.01. The lowest BCUT2D eigenvalue weighted by atomic mass is 9.85. The fourth-order valence-electron chi connectivity index (χ4n) is 3.32. The van der Waals surface area contributed by atoms with Gasteiger partial charge in [-0.15, -0.1) is 0 Å². The normalized spacial score (nSPS) is 19.5. The lowest BCUT2D eigenvalue weighted by molar-refractivity contribution is -0.143. The predicted octanol–water partition coefficient (Wildman–Crippen LogP) is 3.60. The van der Waals surface area contributed by atoms with Gasteiger partial charge in [-0.2, -0.15) is 0 Å². The highest BCUT2D eigenvalue weighted by Crippen LogP contribution is 2.35. The molecule has 0 spiro atoms. The molecular weight excluding hydrogens is 352 g/mol. The van der Waals surface area contributed by atoms with Gasteiger partial charge < -0.3 is 10.1 Å². The van der Waals surface area contributed by atoms with Crippen LogP contribution in [0.4, 0.5) is 8.78 Å². The summed E-state index contributed by atoms with van der Waals surface area (Å²) in [5, 5.41) is 2.83. The molecule has 0 bridgehead atoms. The summed E-state index contributed by atoms with van der Waals surface area (Å²) < 4.78 is 32.1. The van der Waals surface area contributed by atoms with Gasteiger partial charge in [-0.25, -0.2) is 8.78 Å². The minimum absolute atomic E-state index is 0.268. The SMILES string of the molecule is COC(=O)[C@H](c1ccccc1F)[C@H]1C=C[C@H](NC(=O)c2ccc(F)cc2)C1. The third kappa shape index (κ3) is 4.22. The number of allylic oxidation sites excluding steroid dienone is 1. The maximum atomic E-state index is 14.2. The minimum Gasteiger partial charge on any atom is -0.469 e. The first-order valence-electron chi connectivity index (χ1n) is 8.56. The van der Waals surface area contributed by atoms with E-state index in [1.54, 1.807) is 30.4 Å². The lowest BCUT2D eigenvalue weighted by Crippen LogP contribution is -2.33. The molecule has 27 heavy (non-hydrogen) atoms. The molecule has 3 atom stereocenters. The summed E-state index contributed by atoms with van der Waals surface area (Å²) in [6, 6.07) is 11.0. The molecule has 0 fully saturated rings. The summed E-state index contributed by atoms with van der Waals surface area (Å²) in [6.45, 7) is 0. The van der Waals surface area contributed by atoms with Gasteiger partial charge in [0, 0.05) is 17.2 Å². The van der Waals surface area contributed by atoms with E-state index in [4.69, 9.17) is 4.74 Å². The molecular formula is C21H19F2NO3. The van der Waals surface area contributed by atoms with Gasteiger partial charge >= 0.3 is 5.97 Å². The number of methoxy groups -OCH3 is 1. The van der Waals surface area contributed by atoms with Crippen molar-refractivity contribution in [2.45, 2.75) is 18.4 Å². The van der Waals surface area contributed by atoms with Gasteiger partial charge in [0.15, 0.2) is 0 Å². The van der Waals surface area contributed by atoms with E-state index in [2.05, 4.69) is 5.32 Å². The molecule has 0 saturated heterocycles. The maximum Gasteiger partial charge on any atom is 0.313 e. The van der Waals surface area contributed by atoms with Crippen molar-refractivity contribution in [3.05, 3.63) is 83.4 Å². The molecule has 1 amide bonds. The zero-order valence-corrected chi connectivity index (χ0v) is 14.7. The van der Waals surface area contributed by atoms with Crippen molar-refractivity contribution >= 4 is 11.9 Å². The van der Waals surface area contributed by atoms with E-state index in [-0.39, 0.29) is 23.4 Å². The zero-order valence-electron chi connectivity index (χ0n) is 14.7. The van der Waals surface area contributed by atoms with Crippen LogP contribution in [0.5, 0.6) is 0 Å². The number of amides is 1. The van der Waals surface area contributed by atoms with E-state index in [1.807, 2.05) is 0 Å². The fraction of sp³-hybridized carbons (Fsp3) is 0.238. The molecule has 4 nitrogen and oxygen atoms in total. The Morgan fingerprint density at radius 2 is 1.78 bits per heavy atom. The number of rotatable bonds is 5. The van der Waals surface area contributed by atoms with Gasteiger partial charge in [-0.05, 0) is 42.7 Å². The topological polar surface area (TPSA) is 55.4 Å². The summed E-state index contributed by atoms with van der Waals surface area (Å²) in [4.78, 5) is 24.6. The van der Waals surface area contributed by atoms with E-state index in [0.29, 0.717) is 12.0 Å². The number of ether oxygens (including phenoxy) is 1. The quantitative estimate of drug-likeness (QED) is 0.645. The Morgan fingerprint density at radius 3 is 2.44 bits per heavy atom. The fourth-order valence-corrected chi connectivity index (χ4v) is 3.32. The standard InChI is InChI=1S/C21H19F2NO3/c1-27-21(26)19(17-4-2-3-5-18(17)23)14-8-11-16(12-14)24-20(25)13-6-9-15(22)10-7-13/h2-11,14,16,19H,12H2,1H3,(H,24,25)/t14-,16-,19-/m0/s1. The molecule has 1 aliphatic rings. The van der Waals surface area contributed by atoms with Crippen LogP contribution in [0.3, 0.4) is 0 Å². The molecule has 3 rings (SSSR count). The highest BCUT2D eigenvalue weighted by molar-refractivity contribution is 5.94. The average Bonchev–Trinajstić information content (AvgIpc) is 3.11. The molecule has 0 aliphatic heterocycles. The van der Waals surface area contributed by atoms with Crippen LogP contribution in [0.2, 0.25) is 0 Å².